The van der Waals surface area contributed by atoms with E-state index in [-0.39, 0.29) is 11.8 Å². The van der Waals surface area contributed by atoms with Crippen LogP contribution >= 0.6 is 0 Å². The van der Waals surface area contributed by atoms with E-state index in [2.05, 4.69) is 11.4 Å². The van der Waals surface area contributed by atoms with E-state index in [0.717, 1.165) is 25.9 Å². The van der Waals surface area contributed by atoms with Crippen LogP contribution in [-0.4, -0.2) is 36.9 Å². The monoisotopic (exact) mass is 313 g/mol. The van der Waals surface area contributed by atoms with Crippen molar-refractivity contribution < 1.29 is 14.3 Å². The second-order valence-electron chi connectivity index (χ2n) is 6.06. The van der Waals surface area contributed by atoms with Crippen molar-refractivity contribution in [2.45, 2.75) is 25.7 Å². The predicted octanol–water partition coefficient (Wildman–Crippen LogP) is 2.17. The first-order valence-electron chi connectivity index (χ1n) is 7.80. The summed E-state index contributed by atoms with van der Waals surface area (Å²) in [5, 5.41) is 11.8. The maximum atomic E-state index is 12.6. The molecule has 0 unspecified atom stereocenters. The summed E-state index contributed by atoms with van der Waals surface area (Å²) in [5.74, 6) is 0.0999. The molecule has 0 radical (unpaired) electrons. The van der Waals surface area contributed by atoms with Crippen molar-refractivity contribution >= 4 is 17.5 Å². The zero-order chi connectivity index (χ0) is 16.4. The van der Waals surface area contributed by atoms with Crippen LogP contribution in [0, 0.1) is 16.7 Å². The third kappa shape index (κ3) is 2.87. The molecule has 0 bridgehead atoms. The van der Waals surface area contributed by atoms with E-state index in [1.807, 2.05) is 0 Å². The number of hydrogen-bond donors (Lipinski definition) is 1. The van der Waals surface area contributed by atoms with Crippen LogP contribution in [0.4, 0.5) is 5.69 Å². The number of likely N-dealkylation sites (tertiary alicyclic amines) is 1. The first-order chi connectivity index (χ1) is 11.1. The highest BCUT2D eigenvalue weighted by molar-refractivity contribution is 6.02. The Morgan fingerprint density at radius 1 is 1.30 bits per heavy atom. The van der Waals surface area contributed by atoms with E-state index in [9.17, 15) is 9.59 Å². The second-order valence-corrected chi connectivity index (χ2v) is 6.06. The lowest BCUT2D eigenvalue weighted by molar-refractivity contribution is -0.119. The fourth-order valence-corrected chi connectivity index (χ4v) is 2.81. The van der Waals surface area contributed by atoms with E-state index in [1.165, 1.54) is 7.11 Å². The van der Waals surface area contributed by atoms with Crippen molar-refractivity contribution in [2.75, 3.05) is 25.5 Å². The topological polar surface area (TPSA) is 82.4 Å². The minimum absolute atomic E-state index is 0.0862. The van der Waals surface area contributed by atoms with Crippen molar-refractivity contribution in [1.29, 1.82) is 5.26 Å². The van der Waals surface area contributed by atoms with Crippen LogP contribution < -0.4 is 10.1 Å². The molecule has 6 nitrogen and oxygen atoms in total. The molecule has 1 saturated carbocycles. The summed E-state index contributed by atoms with van der Waals surface area (Å²) in [4.78, 5) is 26.6. The fraction of sp³-hybridized carbons (Fsp3) is 0.471. The van der Waals surface area contributed by atoms with E-state index in [1.54, 1.807) is 23.1 Å². The molecule has 1 aromatic rings. The lowest BCUT2D eigenvalue weighted by atomic mass is 10.1. The normalized spacial score (nSPS) is 18.2. The third-order valence-electron chi connectivity index (χ3n) is 4.48. The zero-order valence-electron chi connectivity index (χ0n) is 13.1. The minimum Gasteiger partial charge on any atom is -0.496 e. The number of nitrogens with zero attached hydrogens (tertiary/aromatic N) is 2. The second kappa shape index (κ2) is 5.92. The molecule has 1 aliphatic heterocycles. The quantitative estimate of drug-likeness (QED) is 0.923. The van der Waals surface area contributed by atoms with Crippen LogP contribution in [0.1, 0.15) is 36.0 Å². The van der Waals surface area contributed by atoms with Crippen molar-refractivity contribution in [2.24, 2.45) is 5.41 Å². The summed E-state index contributed by atoms with van der Waals surface area (Å²) >= 11 is 0. The Hall–Kier alpha value is -2.55. The summed E-state index contributed by atoms with van der Waals surface area (Å²) < 4.78 is 5.27. The average molecular weight is 313 g/mol. The summed E-state index contributed by atoms with van der Waals surface area (Å²) in [6, 6.07) is 7.05. The lowest BCUT2D eigenvalue weighted by Crippen LogP contribution is -2.28. The maximum Gasteiger partial charge on any atom is 0.257 e. The molecule has 120 valence electrons. The molecule has 2 amide bonds. The van der Waals surface area contributed by atoms with Gasteiger partial charge in [0.25, 0.3) is 5.91 Å². The first kappa shape index (κ1) is 15.3. The Morgan fingerprint density at radius 2 is 2.00 bits per heavy atom. The molecule has 0 spiro atoms. The molecule has 3 rings (SSSR count). The molecule has 1 aliphatic carbocycles. The first-order valence-corrected chi connectivity index (χ1v) is 7.80. The molecule has 6 heteroatoms. The maximum absolute atomic E-state index is 12.6. The number of benzene rings is 1. The molecule has 1 aromatic carbocycles. The number of rotatable bonds is 4. The number of hydrogen-bond acceptors (Lipinski definition) is 4. The van der Waals surface area contributed by atoms with Gasteiger partial charge in [0.05, 0.1) is 18.7 Å². The molecule has 0 atom stereocenters. The van der Waals surface area contributed by atoms with Crippen LogP contribution in [0.5, 0.6) is 5.75 Å². The van der Waals surface area contributed by atoms with E-state index < -0.39 is 5.41 Å². The number of anilines is 1. The van der Waals surface area contributed by atoms with Gasteiger partial charge in [-0.05, 0) is 43.9 Å². The molecule has 0 aromatic heterocycles. The lowest BCUT2D eigenvalue weighted by Gasteiger charge is -2.18. The summed E-state index contributed by atoms with van der Waals surface area (Å²) in [6.45, 7) is 1.49. The molecular weight excluding hydrogens is 294 g/mol. The third-order valence-corrected chi connectivity index (χ3v) is 4.48. The van der Waals surface area contributed by atoms with Gasteiger partial charge in [-0.3, -0.25) is 9.59 Å². The van der Waals surface area contributed by atoms with Crippen molar-refractivity contribution in [1.82, 2.24) is 4.90 Å². The van der Waals surface area contributed by atoms with E-state index in [4.69, 9.17) is 10.00 Å². The van der Waals surface area contributed by atoms with Gasteiger partial charge in [-0.1, -0.05) is 0 Å². The van der Waals surface area contributed by atoms with Crippen LogP contribution in [0.3, 0.4) is 0 Å². The number of amides is 2. The number of methoxy groups -OCH3 is 1. The van der Waals surface area contributed by atoms with Crippen LogP contribution in [-0.2, 0) is 4.79 Å². The van der Waals surface area contributed by atoms with E-state index >= 15 is 0 Å². The number of carbonyl (C=O) groups excluding carboxylic acids is 2. The van der Waals surface area contributed by atoms with Gasteiger partial charge in [-0.15, -0.1) is 0 Å². The van der Waals surface area contributed by atoms with Crippen molar-refractivity contribution in [3.05, 3.63) is 23.8 Å². The number of ether oxygens (including phenoxy) is 1. The number of nitriles is 1. The zero-order valence-corrected chi connectivity index (χ0v) is 13.1. The SMILES string of the molecule is COc1ccc(NC(=O)C2(C#N)CC2)cc1C(=O)N1CCCC1. The smallest absolute Gasteiger partial charge is 0.257 e. The Labute approximate surface area is 135 Å². The molecule has 2 fully saturated rings. The van der Waals surface area contributed by atoms with Crippen molar-refractivity contribution in [3.8, 4) is 11.8 Å². The molecule has 23 heavy (non-hydrogen) atoms. The number of nitrogens with one attached hydrogen (secondary N) is 1. The largest absolute Gasteiger partial charge is 0.496 e. The Balaban J connectivity index is 1.83. The predicted molar refractivity (Wildman–Crippen MR) is 84.0 cm³/mol. The molecule has 1 saturated heterocycles. The van der Waals surface area contributed by atoms with Gasteiger partial charge in [-0.25, -0.2) is 0 Å². The standard InChI is InChI=1S/C17H19N3O3/c1-23-14-5-4-12(19-16(22)17(11-18)6-7-17)10-13(14)15(21)20-8-2-3-9-20/h4-5,10H,2-3,6-9H2,1H3,(H,19,22). The summed E-state index contributed by atoms with van der Waals surface area (Å²) in [5.41, 5.74) is 0.0628. The Kier molecular flexibility index (Phi) is 3.95. The van der Waals surface area contributed by atoms with Gasteiger partial charge in [0.15, 0.2) is 0 Å². The fourth-order valence-electron chi connectivity index (χ4n) is 2.81. The van der Waals surface area contributed by atoms with Gasteiger partial charge < -0.3 is 15.0 Å². The summed E-state index contributed by atoms with van der Waals surface area (Å²) in [6.07, 6.45) is 3.19. The van der Waals surface area contributed by atoms with Gasteiger partial charge in [0, 0.05) is 18.8 Å². The van der Waals surface area contributed by atoms with Crippen molar-refractivity contribution in [3.63, 3.8) is 0 Å². The average Bonchev–Trinajstić information content (AvgIpc) is 3.19. The Morgan fingerprint density at radius 3 is 2.57 bits per heavy atom. The summed E-state index contributed by atoms with van der Waals surface area (Å²) in [7, 11) is 1.52. The molecule has 2 aliphatic rings. The van der Waals surface area contributed by atoms with Crippen LogP contribution in [0.25, 0.3) is 0 Å². The number of carbonyl (C=O) groups is 2. The van der Waals surface area contributed by atoms with Gasteiger partial charge in [0.2, 0.25) is 5.91 Å². The highest BCUT2D eigenvalue weighted by Crippen LogP contribution is 2.45. The molecule has 1 N–H and O–H groups in total. The van der Waals surface area contributed by atoms with Crippen LogP contribution in [0.2, 0.25) is 0 Å². The van der Waals surface area contributed by atoms with Crippen LogP contribution in [0.15, 0.2) is 18.2 Å². The van der Waals surface area contributed by atoms with E-state index in [0.29, 0.717) is 29.8 Å². The van der Waals surface area contributed by atoms with Gasteiger partial charge >= 0.3 is 0 Å². The Bertz CT molecular complexity index is 683. The molecule has 1 heterocycles. The van der Waals surface area contributed by atoms with Gasteiger partial charge in [0.1, 0.15) is 11.2 Å². The highest BCUT2D eigenvalue weighted by atomic mass is 16.5. The minimum atomic E-state index is -0.890. The highest BCUT2D eigenvalue weighted by Gasteiger charge is 2.50. The molecular formula is C17H19N3O3. The van der Waals surface area contributed by atoms with Gasteiger partial charge in [-0.2, -0.15) is 5.26 Å².